The van der Waals surface area contributed by atoms with E-state index in [1.54, 1.807) is 0 Å². The molecular weight excluding hydrogens is 390 g/mol. The molecule has 1 amide bonds. The molecular formula is C22H29NO3S2. The molecule has 0 aromatic heterocycles. The summed E-state index contributed by atoms with van der Waals surface area (Å²) in [7, 11) is 0. The molecule has 1 heterocycles. The molecule has 1 spiro atoms. The maximum atomic E-state index is 12.7. The van der Waals surface area contributed by atoms with Gasteiger partial charge in [0.15, 0.2) is 6.61 Å². The van der Waals surface area contributed by atoms with E-state index in [2.05, 4.69) is 28.8 Å². The second-order valence-electron chi connectivity index (χ2n) is 8.31. The van der Waals surface area contributed by atoms with Gasteiger partial charge >= 0.3 is 5.97 Å². The molecule has 3 aliphatic rings. The highest BCUT2D eigenvalue weighted by molar-refractivity contribution is 8.21. The van der Waals surface area contributed by atoms with Gasteiger partial charge < -0.3 is 10.1 Å². The highest BCUT2D eigenvalue weighted by Crippen LogP contribution is 2.64. The first kappa shape index (κ1) is 20.1. The van der Waals surface area contributed by atoms with Crippen molar-refractivity contribution < 1.29 is 14.3 Å². The number of rotatable bonds is 4. The predicted molar refractivity (Wildman–Crippen MR) is 117 cm³/mol. The summed E-state index contributed by atoms with van der Waals surface area (Å²) in [6.45, 7) is 3.79. The number of benzene rings is 1. The summed E-state index contributed by atoms with van der Waals surface area (Å²) in [6, 6.07) is 5.80. The zero-order valence-corrected chi connectivity index (χ0v) is 18.3. The molecule has 1 aromatic rings. The first-order chi connectivity index (χ1) is 13.5. The van der Waals surface area contributed by atoms with Crippen LogP contribution in [0.15, 0.2) is 18.2 Å². The van der Waals surface area contributed by atoms with E-state index in [0.717, 1.165) is 29.7 Å². The maximum absolute atomic E-state index is 12.7. The molecule has 1 aromatic carbocycles. The van der Waals surface area contributed by atoms with Crippen molar-refractivity contribution in [1.82, 2.24) is 0 Å². The number of aryl methyl sites for hydroxylation is 1. The Kier molecular flexibility index (Phi) is 5.98. The summed E-state index contributed by atoms with van der Waals surface area (Å²) in [5, 5.41) is 2.87. The number of hydrogen-bond donors (Lipinski definition) is 1. The lowest BCUT2D eigenvalue weighted by Gasteiger charge is -2.51. The van der Waals surface area contributed by atoms with Gasteiger partial charge in [0.1, 0.15) is 0 Å². The first-order valence-electron chi connectivity index (χ1n) is 10.3. The average Bonchev–Trinajstić information content (AvgIpc) is 3.13. The van der Waals surface area contributed by atoms with E-state index in [4.69, 9.17) is 4.74 Å². The fraction of sp³-hybridized carbons (Fsp3) is 0.636. The number of carbonyl (C=O) groups is 2. The lowest BCUT2D eigenvalue weighted by molar-refractivity contribution is -0.154. The largest absolute Gasteiger partial charge is 0.455 e. The van der Waals surface area contributed by atoms with Crippen molar-refractivity contribution >= 4 is 41.1 Å². The van der Waals surface area contributed by atoms with Crippen LogP contribution in [0.3, 0.4) is 0 Å². The molecule has 1 saturated heterocycles. The maximum Gasteiger partial charge on any atom is 0.309 e. The molecule has 1 unspecified atom stereocenters. The van der Waals surface area contributed by atoms with Crippen molar-refractivity contribution in [3.05, 3.63) is 29.3 Å². The van der Waals surface area contributed by atoms with Crippen molar-refractivity contribution in [2.24, 2.45) is 17.8 Å². The van der Waals surface area contributed by atoms with Gasteiger partial charge in [0, 0.05) is 17.2 Å². The molecule has 0 radical (unpaired) electrons. The Hall–Kier alpha value is -1.14. The molecule has 152 valence electrons. The lowest BCUT2D eigenvalue weighted by atomic mass is 9.67. The van der Waals surface area contributed by atoms with Gasteiger partial charge in [0.05, 0.1) is 10.00 Å². The molecule has 2 aliphatic carbocycles. The molecule has 4 nitrogen and oxygen atoms in total. The van der Waals surface area contributed by atoms with E-state index in [1.165, 1.54) is 30.8 Å². The molecule has 2 bridgehead atoms. The van der Waals surface area contributed by atoms with Crippen LogP contribution in [-0.4, -0.2) is 34.1 Å². The van der Waals surface area contributed by atoms with Crippen molar-refractivity contribution in [2.45, 2.75) is 50.0 Å². The summed E-state index contributed by atoms with van der Waals surface area (Å²) < 4.78 is 5.79. The molecule has 6 heteroatoms. The van der Waals surface area contributed by atoms with Gasteiger partial charge in [-0.2, -0.15) is 0 Å². The molecule has 1 N–H and O–H groups in total. The fourth-order valence-corrected chi connectivity index (χ4v) is 9.07. The SMILES string of the molecule is Cc1cccc(NC(=O)COC(=O)C2C[C@H]3CCC[C@@H](C2)C32SCCS2)c1C. The van der Waals surface area contributed by atoms with E-state index >= 15 is 0 Å². The lowest BCUT2D eigenvalue weighted by Crippen LogP contribution is -2.48. The third-order valence-corrected chi connectivity index (χ3v) is 10.7. The van der Waals surface area contributed by atoms with Crippen LogP contribution in [0.25, 0.3) is 0 Å². The van der Waals surface area contributed by atoms with Crippen LogP contribution in [0.4, 0.5) is 5.69 Å². The van der Waals surface area contributed by atoms with Gasteiger partial charge in [-0.3, -0.25) is 9.59 Å². The van der Waals surface area contributed by atoms with Crippen LogP contribution in [-0.2, 0) is 14.3 Å². The average molecular weight is 420 g/mol. The van der Waals surface area contributed by atoms with Gasteiger partial charge in [-0.25, -0.2) is 0 Å². The van der Waals surface area contributed by atoms with Crippen LogP contribution in [0, 0.1) is 31.6 Å². The van der Waals surface area contributed by atoms with Crippen LogP contribution >= 0.6 is 23.5 Å². The summed E-state index contributed by atoms with van der Waals surface area (Å²) >= 11 is 4.28. The Bertz CT molecular complexity index is 744. The van der Waals surface area contributed by atoms with Gasteiger partial charge in [-0.05, 0) is 68.6 Å². The Morgan fingerprint density at radius 1 is 1.14 bits per heavy atom. The van der Waals surface area contributed by atoms with E-state index < -0.39 is 0 Å². The number of thioether (sulfide) groups is 2. The number of anilines is 1. The zero-order valence-electron chi connectivity index (χ0n) is 16.7. The van der Waals surface area contributed by atoms with Crippen LogP contribution in [0.5, 0.6) is 0 Å². The van der Waals surface area contributed by atoms with Gasteiger partial charge in [0.2, 0.25) is 0 Å². The minimum atomic E-state index is -0.267. The second kappa shape index (κ2) is 8.31. The van der Waals surface area contributed by atoms with E-state index in [1.807, 2.05) is 32.0 Å². The molecule has 28 heavy (non-hydrogen) atoms. The van der Waals surface area contributed by atoms with Crippen LogP contribution < -0.4 is 5.32 Å². The van der Waals surface area contributed by atoms with Gasteiger partial charge in [-0.1, -0.05) is 18.6 Å². The summed E-state index contributed by atoms with van der Waals surface area (Å²) in [6.07, 6.45) is 5.60. The van der Waals surface area contributed by atoms with Gasteiger partial charge in [0.25, 0.3) is 5.91 Å². The Labute approximate surface area is 175 Å². The van der Waals surface area contributed by atoms with Crippen LogP contribution in [0.2, 0.25) is 0 Å². The topological polar surface area (TPSA) is 55.4 Å². The molecule has 3 atom stereocenters. The molecule has 2 saturated carbocycles. The van der Waals surface area contributed by atoms with E-state index in [9.17, 15) is 9.59 Å². The van der Waals surface area contributed by atoms with E-state index in [0.29, 0.717) is 15.9 Å². The van der Waals surface area contributed by atoms with Gasteiger partial charge in [-0.15, -0.1) is 23.5 Å². The third-order valence-electron chi connectivity index (χ3n) is 6.68. The molecule has 3 fully saturated rings. The number of hydrogen-bond acceptors (Lipinski definition) is 5. The fourth-order valence-electron chi connectivity index (χ4n) is 5.13. The monoisotopic (exact) mass is 419 g/mol. The summed E-state index contributed by atoms with van der Waals surface area (Å²) in [5.74, 6) is 3.21. The standard InChI is InChI=1S/C22H29NO3S2/c1-14-5-3-8-19(15(14)2)23-20(24)13-26-21(25)16-11-17-6-4-7-18(12-16)22(17)27-9-10-28-22/h3,5,8,16-18H,4,6-7,9-13H2,1-2H3,(H,23,24)/t16?,17-,18+. The number of amides is 1. The highest BCUT2D eigenvalue weighted by Gasteiger charge is 2.55. The number of carbonyl (C=O) groups excluding carboxylic acids is 2. The first-order valence-corrected chi connectivity index (χ1v) is 12.3. The number of nitrogens with one attached hydrogen (secondary N) is 1. The Balaban J connectivity index is 1.32. The Morgan fingerprint density at radius 2 is 1.82 bits per heavy atom. The predicted octanol–water partition coefficient (Wildman–Crippen LogP) is 4.79. The van der Waals surface area contributed by atoms with Crippen molar-refractivity contribution in [3.8, 4) is 0 Å². The minimum Gasteiger partial charge on any atom is -0.455 e. The van der Waals surface area contributed by atoms with Crippen LogP contribution in [0.1, 0.15) is 43.2 Å². The third kappa shape index (κ3) is 3.82. The molecule has 4 rings (SSSR count). The smallest absolute Gasteiger partial charge is 0.309 e. The summed E-state index contributed by atoms with van der Waals surface area (Å²) in [5.41, 5.74) is 2.95. The zero-order chi connectivity index (χ0) is 19.7. The quantitative estimate of drug-likeness (QED) is 0.711. The van der Waals surface area contributed by atoms with Crippen molar-refractivity contribution in [1.29, 1.82) is 0 Å². The summed E-state index contributed by atoms with van der Waals surface area (Å²) in [4.78, 5) is 25.0. The molecule has 1 aliphatic heterocycles. The second-order valence-corrected chi connectivity index (χ2v) is 11.3. The normalized spacial score (nSPS) is 28.1. The number of ether oxygens (including phenoxy) is 1. The number of esters is 1. The van der Waals surface area contributed by atoms with Crippen molar-refractivity contribution in [3.63, 3.8) is 0 Å². The Morgan fingerprint density at radius 3 is 2.50 bits per heavy atom. The highest BCUT2D eigenvalue weighted by atomic mass is 32.2. The van der Waals surface area contributed by atoms with Crippen molar-refractivity contribution in [2.75, 3.05) is 23.4 Å². The minimum absolute atomic E-state index is 0.0452. The van der Waals surface area contributed by atoms with E-state index in [-0.39, 0.29) is 24.4 Å².